The van der Waals surface area contributed by atoms with Crippen LogP contribution in [0.2, 0.25) is 0 Å². The van der Waals surface area contributed by atoms with Gasteiger partial charge in [-0.3, -0.25) is 14.9 Å². The zero-order valence-corrected chi connectivity index (χ0v) is 13.6. The normalized spacial score (nSPS) is 14.6. The first kappa shape index (κ1) is 16.9. The molecule has 1 aliphatic carbocycles. The highest BCUT2D eigenvalue weighted by molar-refractivity contribution is 5.96. The Labute approximate surface area is 145 Å². The lowest BCUT2D eigenvalue weighted by Gasteiger charge is -2.16. The summed E-state index contributed by atoms with van der Waals surface area (Å²) in [7, 11) is 0. The van der Waals surface area contributed by atoms with Gasteiger partial charge < -0.3 is 16.4 Å². The number of carbonyl (C=O) groups is 1. The first-order valence-electron chi connectivity index (χ1n) is 8.20. The molecule has 0 bridgehead atoms. The Hall–Kier alpha value is -2.93. The molecule has 0 spiro atoms. The number of para-hydroxylation sites is 1. The van der Waals surface area contributed by atoms with Crippen LogP contribution >= 0.6 is 0 Å². The van der Waals surface area contributed by atoms with Crippen LogP contribution in [0, 0.1) is 16.0 Å². The maximum Gasteiger partial charge on any atom is 0.293 e. The molecule has 0 aliphatic heterocycles. The van der Waals surface area contributed by atoms with Crippen molar-refractivity contribution < 1.29 is 9.72 Å². The quantitative estimate of drug-likeness (QED) is 0.530. The molecule has 2 aromatic carbocycles. The maximum absolute atomic E-state index is 12.4. The molecule has 4 N–H and O–H groups in total. The summed E-state index contributed by atoms with van der Waals surface area (Å²) in [5, 5.41) is 17.3. The Morgan fingerprint density at radius 1 is 1.24 bits per heavy atom. The zero-order valence-electron chi connectivity index (χ0n) is 13.6. The third-order valence-corrected chi connectivity index (χ3v) is 4.27. The SMILES string of the molecule is NCC(NC(=O)c1ccc(Nc2ccccc2)c([N+](=O)[O-])c1)C1CC1. The molecule has 3 rings (SSSR count). The number of hydrogen-bond acceptors (Lipinski definition) is 5. The molecule has 0 radical (unpaired) electrons. The fraction of sp³-hybridized carbons (Fsp3) is 0.278. The van der Waals surface area contributed by atoms with E-state index in [4.69, 9.17) is 5.73 Å². The minimum absolute atomic E-state index is 0.0753. The van der Waals surface area contributed by atoms with Crippen LogP contribution in [0.25, 0.3) is 0 Å². The lowest BCUT2D eigenvalue weighted by Crippen LogP contribution is -2.41. The number of nitrogens with zero attached hydrogens (tertiary/aromatic N) is 1. The molecule has 0 saturated heterocycles. The molecule has 2 aromatic rings. The zero-order chi connectivity index (χ0) is 17.8. The number of carbonyl (C=O) groups excluding carboxylic acids is 1. The van der Waals surface area contributed by atoms with Gasteiger partial charge in [-0.2, -0.15) is 0 Å². The van der Waals surface area contributed by atoms with Crippen molar-refractivity contribution in [2.75, 3.05) is 11.9 Å². The number of anilines is 2. The van der Waals surface area contributed by atoms with Crippen molar-refractivity contribution in [1.29, 1.82) is 0 Å². The molecule has 130 valence electrons. The van der Waals surface area contributed by atoms with Crippen LogP contribution in [0.1, 0.15) is 23.2 Å². The maximum atomic E-state index is 12.4. The number of rotatable bonds is 7. The molecule has 7 nitrogen and oxygen atoms in total. The number of benzene rings is 2. The summed E-state index contributed by atoms with van der Waals surface area (Å²) in [4.78, 5) is 23.3. The number of nitro groups is 1. The summed E-state index contributed by atoms with van der Waals surface area (Å²) < 4.78 is 0. The summed E-state index contributed by atoms with van der Waals surface area (Å²) in [5.41, 5.74) is 6.88. The Kier molecular flexibility index (Phi) is 4.95. The highest BCUT2D eigenvalue weighted by atomic mass is 16.6. The highest BCUT2D eigenvalue weighted by Gasteiger charge is 2.31. The molecule has 7 heteroatoms. The lowest BCUT2D eigenvalue weighted by atomic mass is 10.1. The predicted molar refractivity (Wildman–Crippen MR) is 95.9 cm³/mol. The van der Waals surface area contributed by atoms with Crippen LogP contribution in [-0.2, 0) is 0 Å². The van der Waals surface area contributed by atoms with E-state index in [0.29, 0.717) is 18.2 Å². The van der Waals surface area contributed by atoms with Gasteiger partial charge in [0.1, 0.15) is 5.69 Å². The van der Waals surface area contributed by atoms with E-state index in [-0.39, 0.29) is 23.2 Å². The van der Waals surface area contributed by atoms with E-state index in [1.807, 2.05) is 30.3 Å². The Balaban J connectivity index is 1.80. The second-order valence-corrected chi connectivity index (χ2v) is 6.13. The van der Waals surface area contributed by atoms with Crippen LogP contribution in [0.4, 0.5) is 17.1 Å². The van der Waals surface area contributed by atoms with Crippen LogP contribution in [0.3, 0.4) is 0 Å². The van der Waals surface area contributed by atoms with E-state index < -0.39 is 4.92 Å². The van der Waals surface area contributed by atoms with Crippen molar-refractivity contribution in [3.05, 3.63) is 64.2 Å². The Bertz CT molecular complexity index is 775. The van der Waals surface area contributed by atoms with E-state index in [9.17, 15) is 14.9 Å². The molecule has 1 amide bonds. The Morgan fingerprint density at radius 3 is 2.56 bits per heavy atom. The lowest BCUT2D eigenvalue weighted by molar-refractivity contribution is -0.383. The van der Waals surface area contributed by atoms with Crippen LogP contribution in [0.5, 0.6) is 0 Å². The van der Waals surface area contributed by atoms with Crippen LogP contribution < -0.4 is 16.4 Å². The fourth-order valence-electron chi connectivity index (χ4n) is 2.73. The van der Waals surface area contributed by atoms with Crippen molar-refractivity contribution in [1.82, 2.24) is 5.32 Å². The molecule has 1 unspecified atom stereocenters. The van der Waals surface area contributed by atoms with Crippen molar-refractivity contribution >= 4 is 23.0 Å². The minimum atomic E-state index is -0.497. The molecule has 1 fully saturated rings. The van der Waals surface area contributed by atoms with Crippen molar-refractivity contribution in [2.24, 2.45) is 11.7 Å². The van der Waals surface area contributed by atoms with Crippen LogP contribution in [-0.4, -0.2) is 23.4 Å². The number of nitrogens with one attached hydrogen (secondary N) is 2. The van der Waals surface area contributed by atoms with Gasteiger partial charge in [0.05, 0.1) is 4.92 Å². The smallest absolute Gasteiger partial charge is 0.293 e. The Morgan fingerprint density at radius 2 is 1.96 bits per heavy atom. The molecule has 0 heterocycles. The molecule has 1 atom stereocenters. The average Bonchev–Trinajstić information content (AvgIpc) is 3.45. The number of nitrogens with two attached hydrogens (primary N) is 1. The summed E-state index contributed by atoms with van der Waals surface area (Å²) in [6, 6.07) is 13.5. The van der Waals surface area contributed by atoms with E-state index in [1.165, 1.54) is 6.07 Å². The first-order chi connectivity index (χ1) is 12.1. The van der Waals surface area contributed by atoms with Gasteiger partial charge in [0.2, 0.25) is 0 Å². The van der Waals surface area contributed by atoms with E-state index >= 15 is 0 Å². The highest BCUT2D eigenvalue weighted by Crippen LogP contribution is 2.33. The topological polar surface area (TPSA) is 110 Å². The van der Waals surface area contributed by atoms with Crippen molar-refractivity contribution in [3.63, 3.8) is 0 Å². The molecule has 0 aromatic heterocycles. The monoisotopic (exact) mass is 340 g/mol. The van der Waals surface area contributed by atoms with Gasteiger partial charge in [0.25, 0.3) is 11.6 Å². The third-order valence-electron chi connectivity index (χ3n) is 4.27. The first-order valence-corrected chi connectivity index (χ1v) is 8.20. The predicted octanol–water partition coefficient (Wildman–Crippen LogP) is 2.81. The number of amides is 1. The second kappa shape index (κ2) is 7.31. The minimum Gasteiger partial charge on any atom is -0.350 e. The molecular formula is C18H20N4O3. The molecule has 25 heavy (non-hydrogen) atoms. The summed E-state index contributed by atoms with van der Waals surface area (Å²) in [6.07, 6.45) is 2.12. The third kappa shape index (κ3) is 4.13. The summed E-state index contributed by atoms with van der Waals surface area (Å²) in [6.45, 7) is 0.367. The summed E-state index contributed by atoms with van der Waals surface area (Å²) >= 11 is 0. The van der Waals surface area contributed by atoms with Crippen molar-refractivity contribution in [2.45, 2.75) is 18.9 Å². The van der Waals surface area contributed by atoms with Crippen LogP contribution in [0.15, 0.2) is 48.5 Å². The van der Waals surface area contributed by atoms with Gasteiger partial charge in [-0.05, 0) is 43.0 Å². The summed E-state index contributed by atoms with van der Waals surface area (Å²) in [5.74, 6) is 0.0830. The van der Waals surface area contributed by atoms with Gasteiger partial charge in [-0.1, -0.05) is 18.2 Å². The molecule has 1 saturated carbocycles. The average molecular weight is 340 g/mol. The molecule has 1 aliphatic rings. The second-order valence-electron chi connectivity index (χ2n) is 6.13. The van der Waals surface area contributed by atoms with Crippen molar-refractivity contribution in [3.8, 4) is 0 Å². The number of hydrogen-bond donors (Lipinski definition) is 3. The van der Waals surface area contributed by atoms with Gasteiger partial charge in [-0.15, -0.1) is 0 Å². The molecular weight excluding hydrogens is 320 g/mol. The van der Waals surface area contributed by atoms with E-state index in [0.717, 1.165) is 18.5 Å². The van der Waals surface area contributed by atoms with Gasteiger partial charge >= 0.3 is 0 Å². The van der Waals surface area contributed by atoms with Gasteiger partial charge in [0.15, 0.2) is 0 Å². The fourth-order valence-corrected chi connectivity index (χ4v) is 2.73. The van der Waals surface area contributed by atoms with E-state index in [2.05, 4.69) is 10.6 Å². The standard InChI is InChI=1S/C18H20N4O3/c19-11-16(12-6-7-12)21-18(23)13-8-9-15(17(10-13)22(24)25)20-14-4-2-1-3-5-14/h1-5,8-10,12,16,20H,6-7,11,19H2,(H,21,23). The number of nitro benzene ring substituents is 1. The van der Waals surface area contributed by atoms with Gasteiger partial charge in [-0.25, -0.2) is 0 Å². The van der Waals surface area contributed by atoms with Gasteiger partial charge in [0, 0.05) is 29.9 Å². The largest absolute Gasteiger partial charge is 0.350 e. The van der Waals surface area contributed by atoms with E-state index in [1.54, 1.807) is 12.1 Å².